The van der Waals surface area contributed by atoms with E-state index < -0.39 is 0 Å². The number of aliphatic hydroxyl groups excluding tert-OH is 1. The Morgan fingerprint density at radius 1 is 1.25 bits per heavy atom. The second kappa shape index (κ2) is 10.0. The number of unbranched alkanes of at least 4 members (excludes halogenated alkanes) is 1. The molecule has 4 nitrogen and oxygen atoms in total. The molecule has 3 N–H and O–H groups in total. The van der Waals surface area contributed by atoms with Gasteiger partial charge in [0.2, 0.25) is 0 Å². The average molecular weight is 284 g/mol. The summed E-state index contributed by atoms with van der Waals surface area (Å²) in [7, 11) is 0. The van der Waals surface area contributed by atoms with Gasteiger partial charge in [0.15, 0.2) is 0 Å². The van der Waals surface area contributed by atoms with Gasteiger partial charge in [0, 0.05) is 12.6 Å². The SMILES string of the molecule is CCCCC(CCC)NC(=O)NCC1CCCC(O)C1. The highest BCUT2D eigenvalue weighted by atomic mass is 16.3. The van der Waals surface area contributed by atoms with Crippen molar-refractivity contribution in [3.8, 4) is 0 Å². The second-order valence-corrected chi connectivity index (χ2v) is 6.17. The molecule has 1 saturated carbocycles. The molecule has 0 spiro atoms. The van der Waals surface area contributed by atoms with Gasteiger partial charge >= 0.3 is 6.03 Å². The van der Waals surface area contributed by atoms with Crippen LogP contribution in [0.1, 0.15) is 71.6 Å². The van der Waals surface area contributed by atoms with Crippen LogP contribution in [-0.4, -0.2) is 29.8 Å². The monoisotopic (exact) mass is 284 g/mol. The summed E-state index contributed by atoms with van der Waals surface area (Å²) in [6.45, 7) is 5.02. The van der Waals surface area contributed by atoms with Crippen molar-refractivity contribution < 1.29 is 9.90 Å². The van der Waals surface area contributed by atoms with E-state index >= 15 is 0 Å². The molecule has 0 saturated heterocycles. The summed E-state index contributed by atoms with van der Waals surface area (Å²) in [5.41, 5.74) is 0. The van der Waals surface area contributed by atoms with E-state index in [1.165, 1.54) is 12.8 Å². The van der Waals surface area contributed by atoms with Gasteiger partial charge in [-0.2, -0.15) is 0 Å². The quantitative estimate of drug-likeness (QED) is 0.641. The molecule has 4 heteroatoms. The van der Waals surface area contributed by atoms with Gasteiger partial charge in [-0.15, -0.1) is 0 Å². The van der Waals surface area contributed by atoms with Crippen LogP contribution in [0, 0.1) is 5.92 Å². The molecule has 0 aliphatic heterocycles. The van der Waals surface area contributed by atoms with Crippen molar-refractivity contribution in [2.24, 2.45) is 5.92 Å². The molecule has 3 unspecified atom stereocenters. The molecule has 0 radical (unpaired) electrons. The van der Waals surface area contributed by atoms with E-state index in [9.17, 15) is 9.90 Å². The fraction of sp³-hybridized carbons (Fsp3) is 0.938. The summed E-state index contributed by atoms with van der Waals surface area (Å²) in [5, 5.41) is 15.7. The first kappa shape index (κ1) is 17.3. The topological polar surface area (TPSA) is 61.4 Å². The van der Waals surface area contributed by atoms with Crippen molar-refractivity contribution in [1.82, 2.24) is 10.6 Å². The maximum atomic E-state index is 11.9. The molecular formula is C16H32N2O2. The van der Waals surface area contributed by atoms with Crippen molar-refractivity contribution >= 4 is 6.03 Å². The maximum Gasteiger partial charge on any atom is 0.315 e. The van der Waals surface area contributed by atoms with Crippen LogP contribution < -0.4 is 10.6 Å². The van der Waals surface area contributed by atoms with Crippen LogP contribution in [0.25, 0.3) is 0 Å². The molecule has 0 bridgehead atoms. The lowest BCUT2D eigenvalue weighted by Gasteiger charge is -2.26. The number of nitrogens with one attached hydrogen (secondary N) is 2. The van der Waals surface area contributed by atoms with Crippen molar-refractivity contribution in [3.63, 3.8) is 0 Å². The molecule has 118 valence electrons. The molecule has 3 atom stereocenters. The zero-order valence-corrected chi connectivity index (χ0v) is 13.2. The van der Waals surface area contributed by atoms with E-state index in [4.69, 9.17) is 0 Å². The number of amides is 2. The molecule has 0 heterocycles. The fourth-order valence-electron chi connectivity index (χ4n) is 3.01. The lowest BCUT2D eigenvalue weighted by Crippen LogP contribution is -2.44. The van der Waals surface area contributed by atoms with E-state index in [2.05, 4.69) is 24.5 Å². The van der Waals surface area contributed by atoms with Crippen molar-refractivity contribution in [1.29, 1.82) is 0 Å². The first-order valence-electron chi connectivity index (χ1n) is 8.38. The molecule has 1 rings (SSSR count). The smallest absolute Gasteiger partial charge is 0.315 e. The van der Waals surface area contributed by atoms with Gasteiger partial charge in [0.05, 0.1) is 6.10 Å². The third kappa shape index (κ3) is 7.13. The van der Waals surface area contributed by atoms with Gasteiger partial charge in [-0.05, 0) is 38.0 Å². The molecule has 1 aliphatic rings. The van der Waals surface area contributed by atoms with E-state index in [1.807, 2.05) is 0 Å². The Labute approximate surface area is 123 Å². The van der Waals surface area contributed by atoms with E-state index in [0.717, 1.165) is 44.9 Å². The van der Waals surface area contributed by atoms with Gasteiger partial charge < -0.3 is 15.7 Å². The van der Waals surface area contributed by atoms with Crippen LogP contribution >= 0.6 is 0 Å². The molecule has 1 fully saturated rings. The third-order valence-electron chi connectivity index (χ3n) is 4.18. The second-order valence-electron chi connectivity index (χ2n) is 6.17. The Kier molecular flexibility index (Phi) is 8.67. The van der Waals surface area contributed by atoms with Crippen LogP contribution in [0.15, 0.2) is 0 Å². The normalized spacial score (nSPS) is 24.1. The van der Waals surface area contributed by atoms with Crippen molar-refractivity contribution in [2.45, 2.75) is 83.8 Å². The minimum Gasteiger partial charge on any atom is -0.393 e. The Morgan fingerprint density at radius 2 is 2.05 bits per heavy atom. The predicted molar refractivity (Wildman–Crippen MR) is 82.7 cm³/mol. The third-order valence-corrected chi connectivity index (χ3v) is 4.18. The zero-order valence-electron chi connectivity index (χ0n) is 13.2. The van der Waals surface area contributed by atoms with Crippen LogP contribution in [0.5, 0.6) is 0 Å². The Hall–Kier alpha value is -0.770. The number of carbonyl (C=O) groups excluding carboxylic acids is 1. The standard InChI is InChI=1S/C16H32N2O2/c1-3-5-9-14(7-4-2)18-16(20)17-12-13-8-6-10-15(19)11-13/h13-15,19H,3-12H2,1-2H3,(H2,17,18,20). The molecule has 1 aliphatic carbocycles. The van der Waals surface area contributed by atoms with Gasteiger partial charge in [0.1, 0.15) is 0 Å². The summed E-state index contributed by atoms with van der Waals surface area (Å²) in [4.78, 5) is 11.9. The highest BCUT2D eigenvalue weighted by Crippen LogP contribution is 2.23. The highest BCUT2D eigenvalue weighted by molar-refractivity contribution is 5.74. The van der Waals surface area contributed by atoms with Gasteiger partial charge in [0.25, 0.3) is 0 Å². The summed E-state index contributed by atoms with van der Waals surface area (Å²) >= 11 is 0. The lowest BCUT2D eigenvalue weighted by molar-refractivity contribution is 0.101. The number of urea groups is 1. The lowest BCUT2D eigenvalue weighted by atomic mass is 9.87. The maximum absolute atomic E-state index is 11.9. The highest BCUT2D eigenvalue weighted by Gasteiger charge is 2.20. The molecule has 2 amide bonds. The van der Waals surface area contributed by atoms with E-state index in [0.29, 0.717) is 18.5 Å². The molecule has 20 heavy (non-hydrogen) atoms. The summed E-state index contributed by atoms with van der Waals surface area (Å²) in [5.74, 6) is 0.435. The van der Waals surface area contributed by atoms with E-state index in [-0.39, 0.29) is 12.1 Å². The first-order chi connectivity index (χ1) is 9.65. The largest absolute Gasteiger partial charge is 0.393 e. The Bertz CT molecular complexity index is 271. The van der Waals surface area contributed by atoms with Crippen LogP contribution in [0.3, 0.4) is 0 Å². The number of carbonyl (C=O) groups is 1. The Balaban J connectivity index is 2.22. The van der Waals surface area contributed by atoms with Crippen molar-refractivity contribution in [3.05, 3.63) is 0 Å². The predicted octanol–water partition coefficient (Wildman–Crippen LogP) is 3.20. The van der Waals surface area contributed by atoms with Crippen LogP contribution in [0.4, 0.5) is 4.79 Å². The molecule has 0 aromatic rings. The zero-order chi connectivity index (χ0) is 14.8. The van der Waals surface area contributed by atoms with Crippen LogP contribution in [-0.2, 0) is 0 Å². The van der Waals surface area contributed by atoms with Gasteiger partial charge in [-0.25, -0.2) is 4.79 Å². The average Bonchev–Trinajstić information content (AvgIpc) is 2.43. The number of hydrogen-bond donors (Lipinski definition) is 3. The van der Waals surface area contributed by atoms with Gasteiger partial charge in [-0.3, -0.25) is 0 Å². The minimum atomic E-state index is -0.170. The molecular weight excluding hydrogens is 252 g/mol. The minimum absolute atomic E-state index is 0.0420. The number of rotatable bonds is 8. The first-order valence-corrected chi connectivity index (χ1v) is 8.38. The molecule has 0 aromatic carbocycles. The summed E-state index contributed by atoms with van der Waals surface area (Å²) in [6.07, 6.45) is 9.32. The fourth-order valence-corrected chi connectivity index (χ4v) is 3.01. The van der Waals surface area contributed by atoms with Gasteiger partial charge in [-0.1, -0.05) is 39.5 Å². The number of hydrogen-bond acceptors (Lipinski definition) is 2. The van der Waals surface area contributed by atoms with Crippen LogP contribution in [0.2, 0.25) is 0 Å². The Morgan fingerprint density at radius 3 is 2.70 bits per heavy atom. The number of aliphatic hydroxyl groups is 1. The summed E-state index contributed by atoms with van der Waals surface area (Å²) < 4.78 is 0. The van der Waals surface area contributed by atoms with Crippen molar-refractivity contribution in [2.75, 3.05) is 6.54 Å². The molecule has 0 aromatic heterocycles. The van der Waals surface area contributed by atoms with E-state index in [1.54, 1.807) is 0 Å². The summed E-state index contributed by atoms with van der Waals surface area (Å²) in [6, 6.07) is 0.261.